The highest BCUT2D eigenvalue weighted by atomic mass is 16.6. The number of para-hydroxylation sites is 2. The van der Waals surface area contributed by atoms with Crippen LogP contribution in [0.2, 0.25) is 0 Å². The van der Waals surface area contributed by atoms with Gasteiger partial charge in [-0.05, 0) is 29.0 Å². The largest absolute Gasteiger partial charge is 0.486 e. The number of fused-ring (bicyclic) bond motifs is 2. The van der Waals surface area contributed by atoms with E-state index in [0.29, 0.717) is 13.2 Å². The minimum atomic E-state index is 0.664. The van der Waals surface area contributed by atoms with Crippen LogP contribution in [0.25, 0.3) is 10.8 Å². The van der Waals surface area contributed by atoms with Gasteiger partial charge >= 0.3 is 0 Å². The zero-order valence-electron chi connectivity index (χ0n) is 11.0. The third-order valence-electron chi connectivity index (χ3n) is 3.00. The van der Waals surface area contributed by atoms with Gasteiger partial charge in [-0.15, -0.1) is 0 Å². The Morgan fingerprint density at radius 2 is 1.30 bits per heavy atom. The van der Waals surface area contributed by atoms with Gasteiger partial charge in [0.2, 0.25) is 0 Å². The van der Waals surface area contributed by atoms with Crippen LogP contribution in [-0.4, -0.2) is 18.2 Å². The summed E-state index contributed by atoms with van der Waals surface area (Å²) in [5, 5.41) is 2.45. The van der Waals surface area contributed by atoms with Crippen molar-refractivity contribution in [3.63, 3.8) is 0 Å². The zero-order valence-corrected chi connectivity index (χ0v) is 11.0. The zero-order chi connectivity index (χ0) is 13.6. The normalized spacial score (nSPS) is 12.4. The Balaban J connectivity index is 0.000000121. The van der Waals surface area contributed by atoms with Gasteiger partial charge in [-0.1, -0.05) is 36.4 Å². The van der Waals surface area contributed by atoms with Gasteiger partial charge in [-0.25, -0.2) is 0 Å². The molecule has 20 heavy (non-hydrogen) atoms. The molecule has 0 N–H and O–H groups in total. The van der Waals surface area contributed by atoms with E-state index in [-0.39, 0.29) is 0 Å². The Morgan fingerprint density at radius 1 is 0.700 bits per heavy atom. The Hall–Kier alpha value is -2.55. The van der Waals surface area contributed by atoms with E-state index in [0.717, 1.165) is 11.5 Å². The lowest BCUT2D eigenvalue weighted by molar-refractivity contribution is 0.171. The summed E-state index contributed by atoms with van der Waals surface area (Å²) in [5.74, 6) is 1.71. The van der Waals surface area contributed by atoms with Crippen molar-refractivity contribution in [2.45, 2.75) is 0 Å². The first-order valence-corrected chi connectivity index (χ1v) is 6.57. The minimum absolute atomic E-state index is 0.664. The second-order valence-electron chi connectivity index (χ2n) is 4.37. The number of aromatic nitrogens is 1. The average Bonchev–Trinajstić information content (AvgIpc) is 2.56. The van der Waals surface area contributed by atoms with Gasteiger partial charge in [0.1, 0.15) is 13.2 Å². The summed E-state index contributed by atoms with van der Waals surface area (Å²) < 4.78 is 10.6. The molecule has 2 aromatic carbocycles. The highest BCUT2D eigenvalue weighted by Gasteiger charge is 2.07. The monoisotopic (exact) mass is 265 g/mol. The van der Waals surface area contributed by atoms with Gasteiger partial charge in [0.25, 0.3) is 0 Å². The van der Waals surface area contributed by atoms with Crippen LogP contribution in [0.4, 0.5) is 0 Å². The maximum Gasteiger partial charge on any atom is 0.161 e. The summed E-state index contributed by atoms with van der Waals surface area (Å²) in [4.78, 5) is 4.01. The molecule has 3 heteroatoms. The quantitative estimate of drug-likeness (QED) is 0.621. The third-order valence-corrected chi connectivity index (χ3v) is 3.00. The molecule has 4 rings (SSSR count). The maximum atomic E-state index is 5.30. The highest BCUT2D eigenvalue weighted by molar-refractivity contribution is 5.80. The maximum absolute atomic E-state index is 5.30. The number of ether oxygens (including phenoxy) is 2. The predicted octanol–water partition coefficient (Wildman–Crippen LogP) is 3.69. The molecular weight excluding hydrogens is 250 g/mol. The van der Waals surface area contributed by atoms with Crippen LogP contribution in [0.3, 0.4) is 0 Å². The van der Waals surface area contributed by atoms with E-state index in [4.69, 9.17) is 9.47 Å². The summed E-state index contributed by atoms with van der Waals surface area (Å²) in [6, 6.07) is 17.9. The standard InChI is InChI=1S/C9H7N.C8H8O2/c1-2-4-9-7-10-6-5-8(9)3-1;1-2-4-8-7(3-1)9-5-6-10-8/h1-7H;1-4H,5-6H2. The number of pyridine rings is 1. The van der Waals surface area contributed by atoms with E-state index in [2.05, 4.69) is 17.1 Å². The Morgan fingerprint density at radius 3 is 1.95 bits per heavy atom. The highest BCUT2D eigenvalue weighted by Crippen LogP contribution is 2.28. The Kier molecular flexibility index (Phi) is 3.78. The number of hydrogen-bond donors (Lipinski definition) is 0. The molecule has 0 saturated heterocycles. The van der Waals surface area contributed by atoms with Crippen molar-refractivity contribution >= 4 is 10.8 Å². The molecular formula is C17H15NO2. The number of benzene rings is 2. The van der Waals surface area contributed by atoms with E-state index in [1.54, 1.807) is 0 Å². The smallest absolute Gasteiger partial charge is 0.161 e. The van der Waals surface area contributed by atoms with Gasteiger partial charge in [0.15, 0.2) is 11.5 Å². The van der Waals surface area contributed by atoms with Crippen LogP contribution >= 0.6 is 0 Å². The number of nitrogens with zero attached hydrogens (tertiary/aromatic N) is 1. The van der Waals surface area contributed by atoms with Crippen LogP contribution in [0.15, 0.2) is 67.0 Å². The van der Waals surface area contributed by atoms with E-state index < -0.39 is 0 Å². The lowest BCUT2D eigenvalue weighted by atomic mass is 10.2. The third kappa shape index (κ3) is 2.88. The second kappa shape index (κ2) is 6.06. The van der Waals surface area contributed by atoms with Crippen LogP contribution in [0, 0.1) is 0 Å². The summed E-state index contributed by atoms with van der Waals surface area (Å²) in [5.41, 5.74) is 0. The molecule has 0 radical (unpaired) electrons. The fraction of sp³-hybridized carbons (Fsp3) is 0.118. The molecule has 3 aromatic rings. The van der Waals surface area contributed by atoms with E-state index in [9.17, 15) is 0 Å². The molecule has 0 unspecified atom stereocenters. The molecule has 0 bridgehead atoms. The number of hydrogen-bond acceptors (Lipinski definition) is 3. The molecule has 1 aliphatic heterocycles. The van der Waals surface area contributed by atoms with Gasteiger partial charge in [-0.2, -0.15) is 0 Å². The van der Waals surface area contributed by atoms with Crippen molar-refractivity contribution in [2.75, 3.05) is 13.2 Å². The minimum Gasteiger partial charge on any atom is -0.486 e. The molecule has 1 aliphatic rings. The number of rotatable bonds is 0. The topological polar surface area (TPSA) is 31.4 Å². The molecule has 3 nitrogen and oxygen atoms in total. The fourth-order valence-corrected chi connectivity index (χ4v) is 2.02. The lowest BCUT2D eigenvalue weighted by Gasteiger charge is -2.17. The van der Waals surface area contributed by atoms with Crippen molar-refractivity contribution in [1.29, 1.82) is 0 Å². The summed E-state index contributed by atoms with van der Waals surface area (Å²) in [6.07, 6.45) is 3.68. The first-order chi connectivity index (χ1) is 9.93. The average molecular weight is 265 g/mol. The van der Waals surface area contributed by atoms with Crippen molar-refractivity contribution in [3.05, 3.63) is 67.0 Å². The van der Waals surface area contributed by atoms with Crippen LogP contribution < -0.4 is 9.47 Å². The Bertz CT molecular complexity index is 607. The first kappa shape index (κ1) is 12.5. The summed E-state index contributed by atoms with van der Waals surface area (Å²) >= 11 is 0. The van der Waals surface area contributed by atoms with Gasteiger partial charge < -0.3 is 9.47 Å². The van der Waals surface area contributed by atoms with Crippen molar-refractivity contribution in [1.82, 2.24) is 4.98 Å². The second-order valence-corrected chi connectivity index (χ2v) is 4.37. The SMILES string of the molecule is c1ccc2c(c1)OCCO2.c1ccc2cnccc2c1. The van der Waals surface area contributed by atoms with E-state index in [1.807, 2.05) is 54.9 Å². The summed E-state index contributed by atoms with van der Waals surface area (Å²) in [7, 11) is 0. The fourth-order valence-electron chi connectivity index (χ4n) is 2.02. The van der Waals surface area contributed by atoms with Crippen molar-refractivity contribution in [2.24, 2.45) is 0 Å². The van der Waals surface area contributed by atoms with Crippen LogP contribution in [-0.2, 0) is 0 Å². The molecule has 0 saturated carbocycles. The molecule has 100 valence electrons. The van der Waals surface area contributed by atoms with Gasteiger partial charge in [-0.3, -0.25) is 4.98 Å². The van der Waals surface area contributed by atoms with E-state index >= 15 is 0 Å². The first-order valence-electron chi connectivity index (χ1n) is 6.57. The van der Waals surface area contributed by atoms with Crippen LogP contribution in [0.5, 0.6) is 11.5 Å². The molecule has 0 fully saturated rings. The van der Waals surface area contributed by atoms with E-state index in [1.165, 1.54) is 10.8 Å². The molecule has 2 heterocycles. The molecule has 0 amide bonds. The van der Waals surface area contributed by atoms with Crippen LogP contribution in [0.1, 0.15) is 0 Å². The molecule has 1 aromatic heterocycles. The predicted molar refractivity (Wildman–Crippen MR) is 79.2 cm³/mol. The lowest BCUT2D eigenvalue weighted by Crippen LogP contribution is -2.14. The Labute approximate surface area is 117 Å². The summed E-state index contributed by atoms with van der Waals surface area (Å²) in [6.45, 7) is 1.33. The van der Waals surface area contributed by atoms with Crippen molar-refractivity contribution < 1.29 is 9.47 Å². The molecule has 0 aliphatic carbocycles. The van der Waals surface area contributed by atoms with Gasteiger partial charge in [0.05, 0.1) is 0 Å². The molecule has 0 spiro atoms. The molecule has 0 atom stereocenters. The van der Waals surface area contributed by atoms with Crippen molar-refractivity contribution in [3.8, 4) is 11.5 Å². The van der Waals surface area contributed by atoms with Gasteiger partial charge in [0, 0.05) is 12.4 Å².